The van der Waals surface area contributed by atoms with Crippen molar-refractivity contribution in [1.82, 2.24) is 9.38 Å². The van der Waals surface area contributed by atoms with E-state index in [1.807, 2.05) is 0 Å². The van der Waals surface area contributed by atoms with Gasteiger partial charge in [0.05, 0.1) is 11.3 Å². The van der Waals surface area contributed by atoms with Crippen molar-refractivity contribution < 1.29 is 22.4 Å². The molecule has 0 spiro atoms. The molecule has 0 atom stereocenters. The maximum atomic E-state index is 13.2. The Morgan fingerprint density at radius 3 is 2.33 bits per heavy atom. The largest absolute Gasteiger partial charge is 0.416 e. The molecule has 152 valence electrons. The maximum Gasteiger partial charge on any atom is 0.416 e. The Morgan fingerprint density at radius 1 is 1.03 bits per heavy atom. The van der Waals surface area contributed by atoms with Gasteiger partial charge in [-0.05, 0) is 54.1 Å². The Balaban J connectivity index is 1.68. The highest BCUT2D eigenvalue weighted by molar-refractivity contribution is 7.15. The Morgan fingerprint density at radius 2 is 1.70 bits per heavy atom. The lowest BCUT2D eigenvalue weighted by atomic mass is 10.1. The molecule has 0 aliphatic carbocycles. The van der Waals surface area contributed by atoms with Gasteiger partial charge in [0, 0.05) is 17.3 Å². The van der Waals surface area contributed by atoms with Crippen LogP contribution in [0.4, 0.5) is 23.2 Å². The number of amides is 1. The molecule has 0 radical (unpaired) electrons. The SMILES string of the molecule is O=C(Nc1ccc(C(F)(F)F)cc1)c1cnc2scc(-c3ccc(F)cc3)n2c1=O. The van der Waals surface area contributed by atoms with Crippen LogP contribution in [-0.4, -0.2) is 15.3 Å². The Labute approximate surface area is 170 Å². The minimum absolute atomic E-state index is 0.0987. The second kappa shape index (κ2) is 7.38. The lowest BCUT2D eigenvalue weighted by Gasteiger charge is -2.09. The van der Waals surface area contributed by atoms with Crippen LogP contribution in [0.25, 0.3) is 16.2 Å². The fourth-order valence-corrected chi connectivity index (χ4v) is 3.67. The zero-order valence-electron chi connectivity index (χ0n) is 14.9. The summed E-state index contributed by atoms with van der Waals surface area (Å²) in [7, 11) is 0. The standard InChI is InChI=1S/C20H11F4N3O2S/c21-13-5-1-11(2-6-13)16-10-30-19-25-9-15(18(29)27(16)19)17(28)26-14-7-3-12(4-8-14)20(22,23)24/h1-10H,(H,26,28). The molecule has 5 nitrogen and oxygen atoms in total. The van der Waals surface area contributed by atoms with Crippen LogP contribution in [0.1, 0.15) is 15.9 Å². The van der Waals surface area contributed by atoms with Crippen LogP contribution < -0.4 is 10.9 Å². The number of fused-ring (bicyclic) bond motifs is 1. The molecule has 1 amide bonds. The normalized spacial score (nSPS) is 11.6. The maximum absolute atomic E-state index is 13.2. The van der Waals surface area contributed by atoms with E-state index >= 15 is 0 Å². The van der Waals surface area contributed by atoms with E-state index in [0.29, 0.717) is 16.2 Å². The van der Waals surface area contributed by atoms with Crippen LogP contribution in [0.2, 0.25) is 0 Å². The number of thiazole rings is 1. The predicted molar refractivity (Wildman–Crippen MR) is 104 cm³/mol. The van der Waals surface area contributed by atoms with Gasteiger partial charge in [-0.1, -0.05) is 0 Å². The first kappa shape index (κ1) is 19.8. The Kier molecular flexibility index (Phi) is 4.86. The van der Waals surface area contributed by atoms with Gasteiger partial charge in [0.1, 0.15) is 11.4 Å². The van der Waals surface area contributed by atoms with E-state index < -0.39 is 29.0 Å². The number of halogens is 4. The first-order chi connectivity index (χ1) is 14.2. The molecule has 2 aromatic heterocycles. The lowest BCUT2D eigenvalue weighted by Crippen LogP contribution is -2.26. The van der Waals surface area contributed by atoms with Crippen molar-refractivity contribution in [2.24, 2.45) is 0 Å². The molecule has 0 unspecified atom stereocenters. The average Bonchev–Trinajstić information content (AvgIpc) is 3.13. The fraction of sp³-hybridized carbons (Fsp3) is 0.0500. The van der Waals surface area contributed by atoms with Gasteiger partial charge in [-0.15, -0.1) is 11.3 Å². The predicted octanol–water partition coefficient (Wildman–Crippen LogP) is 4.83. The molecule has 0 aliphatic rings. The fourth-order valence-electron chi connectivity index (χ4n) is 2.81. The molecule has 1 N–H and O–H groups in total. The van der Waals surface area contributed by atoms with Crippen molar-refractivity contribution in [2.75, 3.05) is 5.32 Å². The average molecular weight is 433 g/mol. The number of carbonyl (C=O) groups is 1. The zero-order valence-corrected chi connectivity index (χ0v) is 15.7. The molecule has 0 fully saturated rings. The van der Waals surface area contributed by atoms with Crippen LogP contribution in [0.15, 0.2) is 64.9 Å². The summed E-state index contributed by atoms with van der Waals surface area (Å²) in [4.78, 5) is 29.9. The lowest BCUT2D eigenvalue weighted by molar-refractivity contribution is -0.137. The molecule has 2 heterocycles. The summed E-state index contributed by atoms with van der Waals surface area (Å²) in [5.41, 5.74) is -0.685. The number of anilines is 1. The molecule has 0 bridgehead atoms. The van der Waals surface area contributed by atoms with Crippen molar-refractivity contribution in [3.8, 4) is 11.3 Å². The van der Waals surface area contributed by atoms with Crippen LogP contribution in [0.3, 0.4) is 0 Å². The molecule has 10 heteroatoms. The van der Waals surface area contributed by atoms with Crippen LogP contribution in [-0.2, 0) is 6.18 Å². The second-order valence-electron chi connectivity index (χ2n) is 6.25. The molecule has 4 aromatic rings. The van der Waals surface area contributed by atoms with Crippen LogP contribution in [0, 0.1) is 5.82 Å². The Bertz CT molecular complexity index is 1290. The van der Waals surface area contributed by atoms with Crippen LogP contribution in [0.5, 0.6) is 0 Å². The van der Waals surface area contributed by atoms with Gasteiger partial charge >= 0.3 is 6.18 Å². The highest BCUT2D eigenvalue weighted by Gasteiger charge is 2.30. The van der Waals surface area contributed by atoms with Crippen LogP contribution >= 0.6 is 11.3 Å². The first-order valence-electron chi connectivity index (χ1n) is 8.48. The molecular weight excluding hydrogens is 422 g/mol. The van der Waals surface area contributed by atoms with Crippen molar-refractivity contribution in [2.45, 2.75) is 6.18 Å². The monoisotopic (exact) mass is 433 g/mol. The number of carbonyl (C=O) groups excluding carboxylic acids is 1. The summed E-state index contributed by atoms with van der Waals surface area (Å²) < 4.78 is 52.4. The number of benzene rings is 2. The summed E-state index contributed by atoms with van der Waals surface area (Å²) in [5, 5.41) is 4.06. The number of aromatic nitrogens is 2. The summed E-state index contributed by atoms with van der Waals surface area (Å²) in [6.45, 7) is 0. The third kappa shape index (κ3) is 3.69. The number of alkyl halides is 3. The molecule has 4 rings (SSSR count). The van der Waals surface area contributed by atoms with Crippen molar-refractivity contribution in [1.29, 1.82) is 0 Å². The summed E-state index contributed by atoms with van der Waals surface area (Å²) in [5.74, 6) is -1.24. The van der Waals surface area contributed by atoms with E-state index in [9.17, 15) is 27.2 Å². The molecule has 0 saturated carbocycles. The number of nitrogens with one attached hydrogen (secondary N) is 1. The summed E-state index contributed by atoms with van der Waals surface area (Å²) >= 11 is 1.18. The van der Waals surface area contributed by atoms with Crippen molar-refractivity contribution in [3.05, 3.63) is 87.4 Å². The minimum atomic E-state index is -4.49. The van der Waals surface area contributed by atoms with Gasteiger partial charge < -0.3 is 5.32 Å². The third-order valence-corrected chi connectivity index (χ3v) is 5.14. The Hall–Kier alpha value is -3.53. The van der Waals surface area contributed by atoms with Gasteiger partial charge in [-0.3, -0.25) is 14.0 Å². The van der Waals surface area contributed by atoms with E-state index in [4.69, 9.17) is 0 Å². The summed E-state index contributed by atoms with van der Waals surface area (Å²) in [6, 6.07) is 9.34. The van der Waals surface area contributed by atoms with E-state index in [2.05, 4.69) is 10.3 Å². The molecule has 0 aliphatic heterocycles. The van der Waals surface area contributed by atoms with Gasteiger partial charge in [-0.25, -0.2) is 9.37 Å². The van der Waals surface area contributed by atoms with Crippen molar-refractivity contribution in [3.63, 3.8) is 0 Å². The number of nitrogens with zero attached hydrogens (tertiary/aromatic N) is 2. The second-order valence-corrected chi connectivity index (χ2v) is 7.09. The van der Waals surface area contributed by atoms with Gasteiger partial charge in [-0.2, -0.15) is 13.2 Å². The third-order valence-electron chi connectivity index (χ3n) is 4.30. The number of hydrogen-bond acceptors (Lipinski definition) is 4. The number of hydrogen-bond donors (Lipinski definition) is 1. The van der Waals surface area contributed by atoms with E-state index in [-0.39, 0.29) is 11.3 Å². The van der Waals surface area contributed by atoms with E-state index in [0.717, 1.165) is 30.5 Å². The first-order valence-corrected chi connectivity index (χ1v) is 9.36. The number of rotatable bonds is 3. The molecule has 0 saturated heterocycles. The quantitative estimate of drug-likeness (QED) is 0.471. The van der Waals surface area contributed by atoms with Gasteiger partial charge in [0.15, 0.2) is 4.96 Å². The topological polar surface area (TPSA) is 63.5 Å². The molecular formula is C20H11F4N3O2S. The van der Waals surface area contributed by atoms with Gasteiger partial charge in [0.25, 0.3) is 11.5 Å². The van der Waals surface area contributed by atoms with E-state index in [1.165, 1.54) is 40.0 Å². The highest BCUT2D eigenvalue weighted by Crippen LogP contribution is 2.30. The minimum Gasteiger partial charge on any atom is -0.322 e. The smallest absolute Gasteiger partial charge is 0.322 e. The summed E-state index contributed by atoms with van der Waals surface area (Å²) in [6.07, 6.45) is -3.38. The van der Waals surface area contributed by atoms with E-state index in [1.54, 1.807) is 5.38 Å². The molecule has 2 aromatic carbocycles. The molecule has 30 heavy (non-hydrogen) atoms. The van der Waals surface area contributed by atoms with Crippen molar-refractivity contribution >= 4 is 27.9 Å². The highest BCUT2D eigenvalue weighted by atomic mass is 32.1. The van der Waals surface area contributed by atoms with Gasteiger partial charge in [0.2, 0.25) is 0 Å². The zero-order chi connectivity index (χ0) is 21.5.